The first-order chi connectivity index (χ1) is 8.24. The Kier molecular flexibility index (Phi) is 5.19. The van der Waals surface area contributed by atoms with Crippen molar-refractivity contribution in [2.24, 2.45) is 11.7 Å². The zero-order valence-electron chi connectivity index (χ0n) is 11.1. The fourth-order valence-corrected chi connectivity index (χ4v) is 4.22. The second kappa shape index (κ2) is 6.44. The lowest BCUT2D eigenvalue weighted by Gasteiger charge is -2.33. The van der Waals surface area contributed by atoms with Gasteiger partial charge in [-0.2, -0.15) is 11.8 Å². The Labute approximate surface area is 110 Å². The molecular formula is C14H27NOS. The topological polar surface area (TPSA) is 35.2 Å². The van der Waals surface area contributed by atoms with Crippen LogP contribution in [0.1, 0.15) is 51.9 Å². The maximum absolute atomic E-state index is 6.35. The highest BCUT2D eigenvalue weighted by molar-refractivity contribution is 7.99. The van der Waals surface area contributed by atoms with Gasteiger partial charge in [-0.25, -0.2) is 0 Å². The lowest BCUT2D eigenvalue weighted by molar-refractivity contribution is -0.0555. The van der Waals surface area contributed by atoms with Gasteiger partial charge in [0.05, 0.1) is 11.7 Å². The summed E-state index contributed by atoms with van der Waals surface area (Å²) in [6, 6.07) is 0. The lowest BCUT2D eigenvalue weighted by Crippen LogP contribution is -2.32. The van der Waals surface area contributed by atoms with Crippen LogP contribution in [-0.2, 0) is 4.74 Å². The molecule has 1 heterocycles. The first kappa shape index (κ1) is 13.7. The molecule has 0 aromatic heterocycles. The molecule has 2 rings (SSSR count). The third kappa shape index (κ3) is 3.87. The van der Waals surface area contributed by atoms with Gasteiger partial charge in [-0.15, -0.1) is 0 Å². The summed E-state index contributed by atoms with van der Waals surface area (Å²) >= 11 is 2.03. The van der Waals surface area contributed by atoms with E-state index in [1.54, 1.807) is 0 Å². The van der Waals surface area contributed by atoms with Crippen LogP contribution in [0.2, 0.25) is 0 Å². The summed E-state index contributed by atoms with van der Waals surface area (Å²) in [5, 5.41) is 0. The first-order valence-electron chi connectivity index (χ1n) is 7.20. The van der Waals surface area contributed by atoms with Gasteiger partial charge >= 0.3 is 0 Å². The number of rotatable bonds is 5. The maximum atomic E-state index is 6.35. The van der Waals surface area contributed by atoms with E-state index in [0.29, 0.717) is 17.6 Å². The van der Waals surface area contributed by atoms with E-state index < -0.39 is 0 Å². The van der Waals surface area contributed by atoms with Crippen LogP contribution in [0.15, 0.2) is 0 Å². The van der Waals surface area contributed by atoms with Gasteiger partial charge in [0, 0.05) is 5.75 Å². The largest absolute Gasteiger partial charge is 0.371 e. The van der Waals surface area contributed by atoms with Crippen molar-refractivity contribution >= 4 is 11.8 Å². The van der Waals surface area contributed by atoms with E-state index in [1.807, 2.05) is 11.8 Å². The molecule has 0 amide bonds. The Morgan fingerprint density at radius 2 is 2.06 bits per heavy atom. The lowest BCUT2D eigenvalue weighted by atomic mass is 9.83. The Morgan fingerprint density at radius 1 is 1.29 bits per heavy atom. The molecule has 2 nitrogen and oxygen atoms in total. The predicted molar refractivity (Wildman–Crippen MR) is 75.5 cm³/mol. The van der Waals surface area contributed by atoms with E-state index in [4.69, 9.17) is 10.5 Å². The van der Waals surface area contributed by atoms with E-state index in [9.17, 15) is 0 Å². The van der Waals surface area contributed by atoms with Gasteiger partial charge in [0.15, 0.2) is 0 Å². The fraction of sp³-hybridized carbons (Fsp3) is 1.00. The summed E-state index contributed by atoms with van der Waals surface area (Å²) in [5.74, 6) is 3.00. The minimum atomic E-state index is 0.295. The van der Waals surface area contributed by atoms with Crippen molar-refractivity contribution in [2.45, 2.75) is 63.6 Å². The predicted octanol–water partition coefficient (Wildman–Crippen LogP) is 3.20. The summed E-state index contributed by atoms with van der Waals surface area (Å²) in [6.07, 6.45) is 9.91. The monoisotopic (exact) mass is 257 g/mol. The number of ether oxygens (including phenoxy) is 1. The summed E-state index contributed by atoms with van der Waals surface area (Å²) < 4.78 is 6.35. The molecule has 1 aliphatic carbocycles. The second-order valence-electron chi connectivity index (χ2n) is 5.90. The summed E-state index contributed by atoms with van der Waals surface area (Å²) in [7, 11) is 0. The van der Waals surface area contributed by atoms with Crippen molar-refractivity contribution in [3.05, 3.63) is 0 Å². The number of hydrogen-bond acceptors (Lipinski definition) is 3. The average molecular weight is 257 g/mol. The number of hydrogen-bond donors (Lipinski definition) is 1. The second-order valence-corrected chi connectivity index (χ2v) is 6.98. The van der Waals surface area contributed by atoms with Crippen molar-refractivity contribution in [1.82, 2.24) is 0 Å². The van der Waals surface area contributed by atoms with Gasteiger partial charge in [0.25, 0.3) is 0 Å². The molecule has 2 aliphatic rings. The zero-order chi connectivity index (χ0) is 12.1. The van der Waals surface area contributed by atoms with E-state index >= 15 is 0 Å². The van der Waals surface area contributed by atoms with Gasteiger partial charge < -0.3 is 10.5 Å². The molecule has 3 heteroatoms. The molecule has 1 spiro atoms. The molecule has 2 unspecified atom stereocenters. The molecule has 2 N–H and O–H groups in total. The summed E-state index contributed by atoms with van der Waals surface area (Å²) in [4.78, 5) is 0. The average Bonchev–Trinajstić information content (AvgIpc) is 2.73. The molecule has 0 radical (unpaired) electrons. The third-order valence-electron chi connectivity index (χ3n) is 4.21. The molecule has 1 saturated heterocycles. The van der Waals surface area contributed by atoms with Crippen molar-refractivity contribution in [3.8, 4) is 0 Å². The molecular weight excluding hydrogens is 230 g/mol. The van der Waals surface area contributed by atoms with Gasteiger partial charge in [-0.05, 0) is 43.9 Å². The molecule has 2 atom stereocenters. The van der Waals surface area contributed by atoms with E-state index in [0.717, 1.165) is 6.54 Å². The van der Waals surface area contributed by atoms with Crippen LogP contribution in [0.5, 0.6) is 0 Å². The van der Waals surface area contributed by atoms with Gasteiger partial charge in [0.2, 0.25) is 0 Å². The SMILES string of the molecule is CC(CN)CSCC1CCC2(CCCCC2)O1. The number of nitrogens with two attached hydrogens (primary N) is 1. The molecule has 0 aromatic rings. The first-order valence-corrected chi connectivity index (χ1v) is 8.35. The molecule has 2 fully saturated rings. The molecule has 1 saturated carbocycles. The minimum absolute atomic E-state index is 0.295. The molecule has 100 valence electrons. The van der Waals surface area contributed by atoms with Crippen LogP contribution in [0.4, 0.5) is 0 Å². The summed E-state index contributed by atoms with van der Waals surface area (Å²) in [6.45, 7) is 3.04. The van der Waals surface area contributed by atoms with Gasteiger partial charge in [-0.1, -0.05) is 26.2 Å². The van der Waals surface area contributed by atoms with Crippen LogP contribution in [-0.4, -0.2) is 29.8 Å². The molecule has 17 heavy (non-hydrogen) atoms. The molecule has 1 aliphatic heterocycles. The van der Waals surface area contributed by atoms with Crippen LogP contribution in [0.25, 0.3) is 0 Å². The zero-order valence-corrected chi connectivity index (χ0v) is 11.9. The maximum Gasteiger partial charge on any atom is 0.0687 e. The normalized spacial score (nSPS) is 29.6. The highest BCUT2D eigenvalue weighted by atomic mass is 32.2. The quantitative estimate of drug-likeness (QED) is 0.821. The van der Waals surface area contributed by atoms with Crippen LogP contribution in [0.3, 0.4) is 0 Å². The Balaban J connectivity index is 1.67. The Hall–Kier alpha value is 0.270. The highest BCUT2D eigenvalue weighted by Crippen LogP contribution is 2.42. The Bertz CT molecular complexity index is 228. The highest BCUT2D eigenvalue weighted by Gasteiger charge is 2.40. The Morgan fingerprint density at radius 3 is 2.76 bits per heavy atom. The van der Waals surface area contributed by atoms with Crippen molar-refractivity contribution in [3.63, 3.8) is 0 Å². The minimum Gasteiger partial charge on any atom is -0.371 e. The van der Waals surface area contributed by atoms with E-state index in [2.05, 4.69) is 6.92 Å². The summed E-state index contributed by atoms with van der Waals surface area (Å²) in [5.41, 5.74) is 5.93. The fourth-order valence-electron chi connectivity index (χ4n) is 3.05. The van der Waals surface area contributed by atoms with E-state index in [1.165, 1.54) is 56.5 Å². The van der Waals surface area contributed by atoms with Gasteiger partial charge in [-0.3, -0.25) is 0 Å². The van der Waals surface area contributed by atoms with Crippen LogP contribution >= 0.6 is 11.8 Å². The molecule has 0 aromatic carbocycles. The van der Waals surface area contributed by atoms with Crippen molar-refractivity contribution in [1.29, 1.82) is 0 Å². The van der Waals surface area contributed by atoms with Crippen LogP contribution in [0, 0.1) is 5.92 Å². The number of thioether (sulfide) groups is 1. The van der Waals surface area contributed by atoms with Gasteiger partial charge in [0.1, 0.15) is 0 Å². The van der Waals surface area contributed by atoms with Crippen molar-refractivity contribution in [2.75, 3.05) is 18.1 Å². The van der Waals surface area contributed by atoms with E-state index in [-0.39, 0.29) is 0 Å². The standard InChI is InChI=1S/C14H27NOS/c1-12(9-15)10-17-11-13-5-8-14(16-13)6-3-2-4-7-14/h12-13H,2-11,15H2,1H3. The van der Waals surface area contributed by atoms with Crippen LogP contribution < -0.4 is 5.73 Å². The smallest absolute Gasteiger partial charge is 0.0687 e. The third-order valence-corrected chi connectivity index (χ3v) is 5.62. The molecule has 0 bridgehead atoms. The van der Waals surface area contributed by atoms with Crippen molar-refractivity contribution < 1.29 is 4.74 Å².